The van der Waals surface area contributed by atoms with Crippen LogP contribution in [0.15, 0.2) is 37.0 Å². The maximum atomic E-state index is 12.2. The quantitative estimate of drug-likeness (QED) is 0.601. The van der Waals surface area contributed by atoms with Gasteiger partial charge in [-0.1, -0.05) is 6.58 Å². The number of carbonyl (C=O) groups excluding carboxylic acids is 2. The van der Waals surface area contributed by atoms with Gasteiger partial charge in [-0.3, -0.25) is 9.59 Å². The molecule has 0 N–H and O–H groups in total. The number of benzene rings is 1. The van der Waals surface area contributed by atoms with Crippen LogP contribution in [0, 0.1) is 5.92 Å². The second kappa shape index (κ2) is 5.04. The molecule has 0 bridgehead atoms. The summed E-state index contributed by atoms with van der Waals surface area (Å²) in [5.41, 5.74) is 0.542. The van der Waals surface area contributed by atoms with Gasteiger partial charge >= 0.3 is 0 Å². The zero-order valence-corrected chi connectivity index (χ0v) is 10.3. The molecule has 4 heteroatoms. The molecule has 1 aromatic carbocycles. The van der Waals surface area contributed by atoms with Gasteiger partial charge in [0.1, 0.15) is 11.7 Å². The summed E-state index contributed by atoms with van der Waals surface area (Å²) < 4.78 is 5.03. The van der Waals surface area contributed by atoms with Gasteiger partial charge in [-0.05, 0) is 36.9 Å². The van der Waals surface area contributed by atoms with Crippen molar-refractivity contribution >= 4 is 11.7 Å². The first-order valence-corrected chi connectivity index (χ1v) is 5.78. The number of nitrogens with zero attached hydrogens (tertiary/aromatic N) is 1. The van der Waals surface area contributed by atoms with E-state index in [1.807, 2.05) is 0 Å². The summed E-state index contributed by atoms with van der Waals surface area (Å²) in [6.45, 7) is 4.12. The van der Waals surface area contributed by atoms with Crippen LogP contribution in [0.5, 0.6) is 5.75 Å². The van der Waals surface area contributed by atoms with E-state index >= 15 is 0 Å². The fraction of sp³-hybridized carbons (Fsp3) is 0.286. The van der Waals surface area contributed by atoms with Gasteiger partial charge in [-0.15, -0.1) is 0 Å². The molecule has 0 saturated carbocycles. The Morgan fingerprint density at radius 1 is 1.44 bits per heavy atom. The molecule has 0 radical (unpaired) electrons. The summed E-state index contributed by atoms with van der Waals surface area (Å²) in [6.07, 6.45) is 2.03. The number of methoxy groups -OCH3 is 1. The topological polar surface area (TPSA) is 46.6 Å². The van der Waals surface area contributed by atoms with Crippen LogP contribution in [-0.4, -0.2) is 30.2 Å². The highest BCUT2D eigenvalue weighted by atomic mass is 16.5. The first-order chi connectivity index (χ1) is 8.67. The fourth-order valence-electron chi connectivity index (χ4n) is 2.08. The molecule has 0 aliphatic carbocycles. The molecular formula is C14H15NO3. The molecule has 1 heterocycles. The summed E-state index contributed by atoms with van der Waals surface area (Å²) in [6, 6.07) is 6.81. The van der Waals surface area contributed by atoms with Crippen LogP contribution in [0.2, 0.25) is 0 Å². The summed E-state index contributed by atoms with van der Waals surface area (Å²) in [7, 11) is 1.57. The zero-order valence-electron chi connectivity index (χ0n) is 10.3. The van der Waals surface area contributed by atoms with Crippen molar-refractivity contribution in [2.24, 2.45) is 5.92 Å². The minimum absolute atomic E-state index is 0.132. The SMILES string of the molecule is C=CN1CCC(C(=O)c2ccc(OC)cc2)C1=O. The Bertz CT molecular complexity index is 478. The molecule has 1 fully saturated rings. The monoisotopic (exact) mass is 245 g/mol. The van der Waals surface area contributed by atoms with Crippen molar-refractivity contribution < 1.29 is 14.3 Å². The highest BCUT2D eigenvalue weighted by Gasteiger charge is 2.35. The third-order valence-electron chi connectivity index (χ3n) is 3.15. The van der Waals surface area contributed by atoms with E-state index in [4.69, 9.17) is 4.74 Å². The van der Waals surface area contributed by atoms with E-state index in [1.54, 1.807) is 31.4 Å². The van der Waals surface area contributed by atoms with Crippen molar-refractivity contribution in [3.8, 4) is 5.75 Å². The Morgan fingerprint density at radius 2 is 2.11 bits per heavy atom. The third-order valence-corrected chi connectivity index (χ3v) is 3.15. The lowest BCUT2D eigenvalue weighted by molar-refractivity contribution is -0.127. The highest BCUT2D eigenvalue weighted by Crippen LogP contribution is 2.23. The lowest BCUT2D eigenvalue weighted by Gasteiger charge is -2.10. The van der Waals surface area contributed by atoms with E-state index < -0.39 is 5.92 Å². The molecule has 1 aromatic rings. The predicted molar refractivity (Wildman–Crippen MR) is 67.3 cm³/mol. The van der Waals surface area contributed by atoms with Gasteiger partial charge in [0, 0.05) is 12.1 Å². The van der Waals surface area contributed by atoms with Gasteiger partial charge < -0.3 is 9.64 Å². The molecule has 1 atom stereocenters. The molecule has 1 saturated heterocycles. The second-order valence-corrected chi connectivity index (χ2v) is 4.15. The minimum atomic E-state index is -0.573. The third kappa shape index (κ3) is 2.14. The minimum Gasteiger partial charge on any atom is -0.497 e. The number of ketones is 1. The molecule has 2 rings (SSSR count). The molecule has 0 aromatic heterocycles. The van der Waals surface area contributed by atoms with Crippen LogP contribution in [0.25, 0.3) is 0 Å². The molecule has 1 aliphatic rings. The van der Waals surface area contributed by atoms with E-state index in [0.29, 0.717) is 24.3 Å². The summed E-state index contributed by atoms with van der Waals surface area (Å²) >= 11 is 0. The summed E-state index contributed by atoms with van der Waals surface area (Å²) in [5, 5.41) is 0. The molecule has 4 nitrogen and oxygen atoms in total. The van der Waals surface area contributed by atoms with Crippen LogP contribution < -0.4 is 4.74 Å². The van der Waals surface area contributed by atoms with Gasteiger partial charge in [0.05, 0.1) is 7.11 Å². The molecule has 1 unspecified atom stereocenters. The Morgan fingerprint density at radius 3 is 2.61 bits per heavy atom. The van der Waals surface area contributed by atoms with Crippen molar-refractivity contribution in [2.75, 3.05) is 13.7 Å². The Kier molecular flexibility index (Phi) is 3.46. The number of Topliss-reactive ketones (excluding diaryl/α,β-unsaturated/α-hetero) is 1. The highest BCUT2D eigenvalue weighted by molar-refractivity contribution is 6.11. The normalized spacial score (nSPS) is 18.8. The van der Waals surface area contributed by atoms with E-state index in [-0.39, 0.29) is 11.7 Å². The number of hydrogen-bond acceptors (Lipinski definition) is 3. The predicted octanol–water partition coefficient (Wildman–Crippen LogP) is 1.87. The smallest absolute Gasteiger partial charge is 0.237 e. The van der Waals surface area contributed by atoms with E-state index in [2.05, 4.69) is 6.58 Å². The van der Waals surface area contributed by atoms with Crippen molar-refractivity contribution in [1.82, 2.24) is 4.90 Å². The van der Waals surface area contributed by atoms with Crippen LogP contribution in [-0.2, 0) is 4.79 Å². The molecule has 1 amide bonds. The lowest BCUT2D eigenvalue weighted by atomic mass is 9.96. The molecule has 1 aliphatic heterocycles. The van der Waals surface area contributed by atoms with Gasteiger partial charge in [0.15, 0.2) is 5.78 Å². The molecule has 94 valence electrons. The average Bonchev–Trinajstić information content (AvgIpc) is 2.79. The summed E-state index contributed by atoms with van der Waals surface area (Å²) in [4.78, 5) is 25.6. The maximum absolute atomic E-state index is 12.2. The number of likely N-dealkylation sites (tertiary alicyclic amines) is 1. The fourth-order valence-corrected chi connectivity index (χ4v) is 2.08. The first-order valence-electron chi connectivity index (χ1n) is 5.78. The van der Waals surface area contributed by atoms with Gasteiger partial charge in [0.25, 0.3) is 0 Å². The average molecular weight is 245 g/mol. The standard InChI is InChI=1S/C14H15NO3/c1-3-15-9-8-12(14(15)17)13(16)10-4-6-11(18-2)7-5-10/h3-7,12H,1,8-9H2,2H3. The Hall–Kier alpha value is -2.10. The van der Waals surface area contributed by atoms with Crippen molar-refractivity contribution in [2.45, 2.75) is 6.42 Å². The largest absolute Gasteiger partial charge is 0.497 e. The zero-order chi connectivity index (χ0) is 13.1. The van der Waals surface area contributed by atoms with Crippen LogP contribution in [0.1, 0.15) is 16.8 Å². The molecule has 0 spiro atoms. The van der Waals surface area contributed by atoms with E-state index in [9.17, 15) is 9.59 Å². The molecule has 18 heavy (non-hydrogen) atoms. The van der Waals surface area contributed by atoms with Gasteiger partial charge in [0.2, 0.25) is 5.91 Å². The molecular weight excluding hydrogens is 230 g/mol. The number of carbonyl (C=O) groups is 2. The second-order valence-electron chi connectivity index (χ2n) is 4.15. The number of hydrogen-bond donors (Lipinski definition) is 0. The summed E-state index contributed by atoms with van der Waals surface area (Å²) in [5.74, 6) is -0.175. The van der Waals surface area contributed by atoms with Crippen molar-refractivity contribution in [3.63, 3.8) is 0 Å². The van der Waals surface area contributed by atoms with Crippen molar-refractivity contribution in [3.05, 3.63) is 42.6 Å². The lowest BCUT2D eigenvalue weighted by Crippen LogP contribution is -2.26. The van der Waals surface area contributed by atoms with E-state index in [1.165, 1.54) is 11.1 Å². The Labute approximate surface area is 106 Å². The van der Waals surface area contributed by atoms with Gasteiger partial charge in [-0.25, -0.2) is 0 Å². The number of ether oxygens (including phenoxy) is 1. The number of rotatable bonds is 4. The Balaban J connectivity index is 2.16. The van der Waals surface area contributed by atoms with Crippen molar-refractivity contribution in [1.29, 1.82) is 0 Å². The van der Waals surface area contributed by atoms with Gasteiger partial charge in [-0.2, -0.15) is 0 Å². The maximum Gasteiger partial charge on any atom is 0.237 e. The first kappa shape index (κ1) is 12.4. The van der Waals surface area contributed by atoms with Crippen LogP contribution in [0.4, 0.5) is 0 Å². The van der Waals surface area contributed by atoms with Crippen LogP contribution in [0.3, 0.4) is 0 Å². The van der Waals surface area contributed by atoms with E-state index in [0.717, 1.165) is 0 Å². The van der Waals surface area contributed by atoms with Crippen LogP contribution >= 0.6 is 0 Å². The number of amides is 1.